The molecule has 0 saturated heterocycles. The number of nitrogens with one attached hydrogen (secondary N) is 3. The fourth-order valence-electron chi connectivity index (χ4n) is 3.97. The molecule has 0 saturated carbocycles. The average Bonchev–Trinajstić information content (AvgIpc) is 2.99. The van der Waals surface area contributed by atoms with Gasteiger partial charge in [0.15, 0.2) is 0 Å². The number of carbonyl (C=O) groups is 3. The maximum Gasteiger partial charge on any atom is 0.272 e. The number of para-hydroxylation sites is 1. The minimum atomic E-state index is -0.505. The molecular weight excluding hydrogens is 534 g/mol. The van der Waals surface area contributed by atoms with E-state index in [0.29, 0.717) is 22.6 Å². The van der Waals surface area contributed by atoms with Gasteiger partial charge >= 0.3 is 0 Å². The first-order chi connectivity index (χ1) is 19.8. The van der Waals surface area contributed by atoms with Crippen LogP contribution in [0.15, 0.2) is 108 Å². The van der Waals surface area contributed by atoms with Crippen molar-refractivity contribution in [2.75, 3.05) is 23.5 Å². The Balaban J connectivity index is 1.48. The molecule has 7 nitrogen and oxygen atoms in total. The SMILES string of the molecule is COc1ccccc1/C=C(/NC(=O)c1ccccc1)C(=O)Nc1cccc(SCC(=O)Nc2cccc(C)c2C)c1. The minimum Gasteiger partial charge on any atom is -0.496 e. The summed E-state index contributed by atoms with van der Waals surface area (Å²) in [6.07, 6.45) is 1.57. The number of thioether (sulfide) groups is 1. The monoisotopic (exact) mass is 565 g/mol. The molecule has 0 bridgehead atoms. The Bertz CT molecular complexity index is 1580. The van der Waals surface area contributed by atoms with Crippen LogP contribution in [0.4, 0.5) is 11.4 Å². The van der Waals surface area contributed by atoms with Gasteiger partial charge in [-0.2, -0.15) is 0 Å². The van der Waals surface area contributed by atoms with E-state index < -0.39 is 11.8 Å². The van der Waals surface area contributed by atoms with Crippen LogP contribution in [-0.4, -0.2) is 30.6 Å². The molecule has 4 rings (SSSR count). The summed E-state index contributed by atoms with van der Waals surface area (Å²) in [5.74, 6) is -0.277. The summed E-state index contributed by atoms with van der Waals surface area (Å²) in [5, 5.41) is 8.56. The zero-order valence-electron chi connectivity index (χ0n) is 23.1. The normalized spacial score (nSPS) is 11.0. The third kappa shape index (κ3) is 8.09. The lowest BCUT2D eigenvalue weighted by atomic mass is 10.1. The van der Waals surface area contributed by atoms with Gasteiger partial charge in [-0.3, -0.25) is 14.4 Å². The van der Waals surface area contributed by atoms with Gasteiger partial charge in [-0.15, -0.1) is 11.8 Å². The largest absolute Gasteiger partial charge is 0.496 e. The van der Waals surface area contributed by atoms with Gasteiger partial charge in [-0.1, -0.05) is 54.6 Å². The molecule has 3 N–H and O–H groups in total. The number of hydrogen-bond acceptors (Lipinski definition) is 5. The van der Waals surface area contributed by atoms with Gasteiger partial charge in [0, 0.05) is 27.4 Å². The van der Waals surface area contributed by atoms with Crippen molar-refractivity contribution >= 4 is 46.9 Å². The Morgan fingerprint density at radius 2 is 1.56 bits per heavy atom. The van der Waals surface area contributed by atoms with Crippen LogP contribution >= 0.6 is 11.8 Å². The highest BCUT2D eigenvalue weighted by molar-refractivity contribution is 8.00. The Labute approximate surface area is 244 Å². The van der Waals surface area contributed by atoms with Crippen LogP contribution < -0.4 is 20.7 Å². The quantitative estimate of drug-likeness (QED) is 0.152. The van der Waals surface area contributed by atoms with Crippen molar-refractivity contribution in [3.8, 4) is 5.75 Å². The van der Waals surface area contributed by atoms with Crippen molar-refractivity contribution in [1.82, 2.24) is 5.32 Å². The van der Waals surface area contributed by atoms with E-state index in [4.69, 9.17) is 4.74 Å². The number of carbonyl (C=O) groups excluding carboxylic acids is 3. The first kappa shape index (κ1) is 29.2. The maximum atomic E-state index is 13.4. The van der Waals surface area contributed by atoms with Crippen molar-refractivity contribution < 1.29 is 19.1 Å². The van der Waals surface area contributed by atoms with Gasteiger partial charge in [-0.25, -0.2) is 0 Å². The summed E-state index contributed by atoms with van der Waals surface area (Å²) in [7, 11) is 1.54. The third-order valence-electron chi connectivity index (χ3n) is 6.31. The number of aryl methyl sites for hydroxylation is 1. The van der Waals surface area contributed by atoms with Crippen LogP contribution in [0.25, 0.3) is 6.08 Å². The summed E-state index contributed by atoms with van der Waals surface area (Å²) in [4.78, 5) is 39.7. The molecule has 0 aliphatic rings. The second-order valence-corrected chi connectivity index (χ2v) is 10.2. The summed E-state index contributed by atoms with van der Waals surface area (Å²) < 4.78 is 5.42. The topological polar surface area (TPSA) is 96.5 Å². The molecule has 0 spiro atoms. The molecule has 208 valence electrons. The highest BCUT2D eigenvalue weighted by Crippen LogP contribution is 2.24. The van der Waals surface area contributed by atoms with E-state index >= 15 is 0 Å². The molecule has 0 aliphatic heterocycles. The van der Waals surface area contributed by atoms with Crippen molar-refractivity contribution in [1.29, 1.82) is 0 Å². The molecule has 0 unspecified atom stereocenters. The molecule has 0 aliphatic carbocycles. The van der Waals surface area contributed by atoms with Gasteiger partial charge in [0.05, 0.1) is 12.9 Å². The average molecular weight is 566 g/mol. The van der Waals surface area contributed by atoms with Crippen molar-refractivity contribution in [3.05, 3.63) is 125 Å². The Morgan fingerprint density at radius 3 is 2.34 bits per heavy atom. The molecule has 0 radical (unpaired) electrons. The molecule has 0 atom stereocenters. The number of anilines is 2. The number of ether oxygens (including phenoxy) is 1. The van der Waals surface area contributed by atoms with Crippen LogP contribution in [0.3, 0.4) is 0 Å². The van der Waals surface area contributed by atoms with Crippen LogP contribution in [0.5, 0.6) is 5.75 Å². The molecule has 3 amide bonds. The summed E-state index contributed by atoms with van der Waals surface area (Å²) >= 11 is 1.36. The van der Waals surface area contributed by atoms with Crippen molar-refractivity contribution in [2.45, 2.75) is 18.7 Å². The molecule has 0 fully saturated rings. The fourth-order valence-corrected chi connectivity index (χ4v) is 4.72. The highest BCUT2D eigenvalue weighted by Gasteiger charge is 2.16. The second-order valence-electron chi connectivity index (χ2n) is 9.19. The zero-order chi connectivity index (χ0) is 29.2. The second kappa shape index (κ2) is 14.0. The zero-order valence-corrected chi connectivity index (χ0v) is 23.9. The maximum absolute atomic E-state index is 13.4. The Kier molecular flexibility index (Phi) is 9.96. The van der Waals surface area contributed by atoms with Gasteiger partial charge < -0.3 is 20.7 Å². The van der Waals surface area contributed by atoms with Crippen molar-refractivity contribution in [2.24, 2.45) is 0 Å². The minimum absolute atomic E-state index is 0.0503. The van der Waals surface area contributed by atoms with Crippen molar-refractivity contribution in [3.63, 3.8) is 0 Å². The summed E-state index contributed by atoms with van der Waals surface area (Å²) in [5.41, 5.74) is 4.56. The molecule has 8 heteroatoms. The fraction of sp³-hybridized carbons (Fsp3) is 0.121. The number of methoxy groups -OCH3 is 1. The molecule has 4 aromatic rings. The van der Waals surface area contributed by atoms with E-state index in [1.165, 1.54) is 11.8 Å². The van der Waals surface area contributed by atoms with E-state index in [2.05, 4.69) is 16.0 Å². The van der Waals surface area contributed by atoms with Crippen LogP contribution in [0.1, 0.15) is 27.0 Å². The Hall–Kier alpha value is -4.82. The molecular formula is C33H31N3O4S. The van der Waals surface area contributed by atoms with E-state index in [-0.39, 0.29) is 17.4 Å². The number of hydrogen-bond donors (Lipinski definition) is 3. The first-order valence-electron chi connectivity index (χ1n) is 13.0. The first-order valence-corrected chi connectivity index (χ1v) is 13.9. The van der Waals surface area contributed by atoms with E-state index in [1.54, 1.807) is 67.8 Å². The number of rotatable bonds is 10. The highest BCUT2D eigenvalue weighted by atomic mass is 32.2. The van der Waals surface area contributed by atoms with Gasteiger partial charge in [0.2, 0.25) is 5.91 Å². The molecule has 0 aromatic heterocycles. The van der Waals surface area contributed by atoms with Gasteiger partial charge in [0.1, 0.15) is 11.4 Å². The summed E-state index contributed by atoms with van der Waals surface area (Å²) in [6.45, 7) is 3.98. The molecule has 41 heavy (non-hydrogen) atoms. The number of benzene rings is 4. The Morgan fingerprint density at radius 1 is 0.829 bits per heavy atom. The predicted octanol–water partition coefficient (Wildman–Crippen LogP) is 6.45. The van der Waals surface area contributed by atoms with Crippen LogP contribution in [0, 0.1) is 13.8 Å². The van der Waals surface area contributed by atoms with Crippen LogP contribution in [0.2, 0.25) is 0 Å². The standard InChI is InChI=1S/C33H31N3O4S/c1-22-11-9-17-28(23(22)2)35-31(37)21-41-27-16-10-15-26(20-27)34-33(39)29(19-25-14-7-8-18-30(25)40-3)36-32(38)24-12-5-4-6-13-24/h4-20H,21H2,1-3H3,(H,34,39)(H,35,37)(H,36,38)/b29-19+. The van der Waals surface area contributed by atoms with Crippen LogP contribution in [-0.2, 0) is 9.59 Å². The summed E-state index contributed by atoms with van der Waals surface area (Å²) in [6, 6.07) is 28.9. The van der Waals surface area contributed by atoms with Gasteiger partial charge in [-0.05, 0) is 73.5 Å². The van der Waals surface area contributed by atoms with E-state index in [1.807, 2.05) is 56.3 Å². The molecule has 0 heterocycles. The number of amides is 3. The smallest absolute Gasteiger partial charge is 0.272 e. The van der Waals surface area contributed by atoms with E-state index in [0.717, 1.165) is 21.7 Å². The third-order valence-corrected chi connectivity index (χ3v) is 7.30. The van der Waals surface area contributed by atoms with Gasteiger partial charge in [0.25, 0.3) is 11.8 Å². The molecule has 4 aromatic carbocycles. The lowest BCUT2D eigenvalue weighted by Crippen LogP contribution is -2.30. The lowest BCUT2D eigenvalue weighted by molar-refractivity contribution is -0.114. The van der Waals surface area contributed by atoms with E-state index in [9.17, 15) is 14.4 Å². The predicted molar refractivity (Wildman–Crippen MR) is 165 cm³/mol. The lowest BCUT2D eigenvalue weighted by Gasteiger charge is -2.13.